The van der Waals surface area contributed by atoms with E-state index in [-0.39, 0.29) is 54.2 Å². The van der Waals surface area contributed by atoms with Crippen LogP contribution in [0.3, 0.4) is 0 Å². The quantitative estimate of drug-likeness (QED) is 0.215. The van der Waals surface area contributed by atoms with Crippen LogP contribution < -0.4 is 21.3 Å². The minimum atomic E-state index is -1.51. The second kappa shape index (κ2) is 18.0. The minimum absolute atomic E-state index is 0.000232. The van der Waals surface area contributed by atoms with Gasteiger partial charge in [0.25, 0.3) is 0 Å². The Kier molecular flexibility index (Phi) is 13.3. The standard InChI is InChI=1S/C42H53ClFN7O8/c1-23-9-7-10-27(17-23)18-31(47-41(59)46-28-13-14-29(43)30(44)19-28)36(54)48-35(26(4)52)40(58)50-16-8-12-33(50)39(57)49-15-6-5-11-32(49)37(55)45-25(3)38(56)51-22-24(2)20-42(51)21-34(42)53/h7,9-10,13-14,17,19,24-26,31-33,35,52H,5-6,8,11-12,15-16,18,20-22H2,1-4H3,(H,45,55)(H,48,54)(H2,46,47,59)/t24-,25+,26+,31+,32+,33+,35+,42-/m1/s1. The summed E-state index contributed by atoms with van der Waals surface area (Å²) in [5.41, 5.74) is 0.914. The number of halogens is 2. The van der Waals surface area contributed by atoms with Crippen LogP contribution in [0.25, 0.3) is 0 Å². The van der Waals surface area contributed by atoms with E-state index < -0.39 is 77.3 Å². The van der Waals surface area contributed by atoms with Crippen LogP contribution >= 0.6 is 11.6 Å². The van der Waals surface area contributed by atoms with E-state index in [0.29, 0.717) is 50.6 Å². The maximum atomic E-state index is 14.3. The molecule has 2 aromatic rings. The van der Waals surface area contributed by atoms with E-state index in [0.717, 1.165) is 11.6 Å². The molecule has 1 spiro atoms. The molecule has 2 aromatic carbocycles. The van der Waals surface area contributed by atoms with Crippen LogP contribution in [0.1, 0.15) is 76.8 Å². The number of piperidine rings is 1. The number of likely N-dealkylation sites (tertiary alicyclic amines) is 3. The van der Waals surface area contributed by atoms with E-state index in [9.17, 15) is 43.1 Å². The summed E-state index contributed by atoms with van der Waals surface area (Å²) in [7, 11) is 0. The lowest BCUT2D eigenvalue weighted by Crippen LogP contribution is -2.62. The summed E-state index contributed by atoms with van der Waals surface area (Å²) >= 11 is 5.77. The van der Waals surface area contributed by atoms with Crippen molar-refractivity contribution in [3.05, 3.63) is 64.4 Å². The van der Waals surface area contributed by atoms with Gasteiger partial charge in [-0.05, 0) is 89.0 Å². The highest BCUT2D eigenvalue weighted by Crippen LogP contribution is 2.48. The van der Waals surface area contributed by atoms with Crippen molar-refractivity contribution >= 4 is 58.6 Å². The lowest BCUT2D eigenvalue weighted by Gasteiger charge is -2.39. The summed E-state index contributed by atoms with van der Waals surface area (Å²) in [4.78, 5) is 99.5. The largest absolute Gasteiger partial charge is 0.391 e. The van der Waals surface area contributed by atoms with E-state index in [1.54, 1.807) is 24.0 Å². The number of hydrogen-bond donors (Lipinski definition) is 5. The van der Waals surface area contributed by atoms with Crippen molar-refractivity contribution in [2.45, 2.75) is 121 Å². The number of nitrogens with zero attached hydrogens (tertiary/aromatic N) is 3. The number of urea groups is 1. The van der Waals surface area contributed by atoms with Crippen molar-refractivity contribution in [1.82, 2.24) is 30.7 Å². The second-order valence-electron chi connectivity index (χ2n) is 16.6. The van der Waals surface area contributed by atoms with E-state index >= 15 is 0 Å². The summed E-state index contributed by atoms with van der Waals surface area (Å²) in [5.74, 6) is -3.34. The van der Waals surface area contributed by atoms with Crippen molar-refractivity contribution in [2.24, 2.45) is 5.92 Å². The Morgan fingerprint density at radius 2 is 1.64 bits per heavy atom. The zero-order valence-corrected chi connectivity index (χ0v) is 34.5. The molecule has 0 aromatic heterocycles. The van der Waals surface area contributed by atoms with Crippen LogP contribution in [0.4, 0.5) is 14.9 Å². The molecular weight excluding hydrogens is 785 g/mol. The van der Waals surface area contributed by atoms with Gasteiger partial charge in [-0.25, -0.2) is 9.18 Å². The Hall–Kier alpha value is -5.09. The molecule has 4 fully saturated rings. The normalized spacial score (nSPS) is 24.6. The number of aryl methyl sites for hydroxylation is 1. The molecule has 8 atom stereocenters. The molecule has 6 rings (SSSR count). The molecule has 318 valence electrons. The van der Waals surface area contributed by atoms with Gasteiger partial charge < -0.3 is 41.1 Å². The molecule has 3 aliphatic heterocycles. The first-order valence-corrected chi connectivity index (χ1v) is 20.7. The number of aliphatic hydroxyl groups excluding tert-OH is 1. The number of aliphatic hydroxyl groups is 1. The molecule has 59 heavy (non-hydrogen) atoms. The van der Waals surface area contributed by atoms with Crippen LogP contribution in [0.5, 0.6) is 0 Å². The molecule has 5 N–H and O–H groups in total. The summed E-state index contributed by atoms with van der Waals surface area (Å²) in [6.45, 7) is 7.61. The average molecular weight is 838 g/mol. The number of amides is 7. The van der Waals surface area contributed by atoms with E-state index in [1.165, 1.54) is 28.9 Å². The van der Waals surface area contributed by atoms with Gasteiger partial charge in [-0.3, -0.25) is 28.8 Å². The van der Waals surface area contributed by atoms with Gasteiger partial charge >= 0.3 is 6.03 Å². The predicted octanol–water partition coefficient (Wildman–Crippen LogP) is 2.84. The van der Waals surface area contributed by atoms with Crippen molar-refractivity contribution in [1.29, 1.82) is 0 Å². The zero-order chi connectivity index (χ0) is 42.8. The monoisotopic (exact) mass is 837 g/mol. The summed E-state index contributed by atoms with van der Waals surface area (Å²) in [6, 6.07) is 4.54. The first-order chi connectivity index (χ1) is 28.0. The number of carbonyl (C=O) groups excluding carboxylic acids is 7. The smallest absolute Gasteiger partial charge is 0.319 e. The fourth-order valence-corrected chi connectivity index (χ4v) is 8.87. The highest BCUT2D eigenvalue weighted by atomic mass is 35.5. The molecule has 4 aliphatic rings. The lowest BCUT2D eigenvalue weighted by atomic mass is 9.99. The van der Waals surface area contributed by atoms with Crippen molar-refractivity contribution in [2.75, 3.05) is 25.0 Å². The molecule has 3 heterocycles. The van der Waals surface area contributed by atoms with E-state index in [1.807, 2.05) is 26.0 Å². The topological polar surface area (TPSA) is 198 Å². The van der Waals surface area contributed by atoms with Gasteiger partial charge in [0.15, 0.2) is 5.78 Å². The Bertz CT molecular complexity index is 2000. The van der Waals surface area contributed by atoms with Crippen LogP contribution in [0.2, 0.25) is 5.02 Å². The van der Waals surface area contributed by atoms with Crippen LogP contribution in [-0.4, -0.2) is 123 Å². The number of hydrogen-bond acceptors (Lipinski definition) is 8. The third kappa shape index (κ3) is 9.70. The number of carbonyl (C=O) groups is 7. The summed E-state index contributed by atoms with van der Waals surface area (Å²) < 4.78 is 14.1. The second-order valence-corrected chi connectivity index (χ2v) is 17.0. The van der Waals surface area contributed by atoms with Gasteiger partial charge in [0, 0.05) is 38.2 Å². The molecule has 0 bridgehead atoms. The maximum absolute atomic E-state index is 14.3. The molecule has 17 heteroatoms. The molecule has 3 saturated heterocycles. The number of nitrogens with one attached hydrogen (secondary N) is 4. The van der Waals surface area contributed by atoms with Crippen molar-refractivity contribution < 1.29 is 43.1 Å². The molecule has 0 unspecified atom stereocenters. The molecular formula is C42H53ClFN7O8. The van der Waals surface area contributed by atoms with Gasteiger partial charge in [-0.15, -0.1) is 0 Å². The van der Waals surface area contributed by atoms with Gasteiger partial charge in [0.2, 0.25) is 29.5 Å². The number of rotatable bonds is 12. The van der Waals surface area contributed by atoms with Crippen LogP contribution in [0.15, 0.2) is 42.5 Å². The van der Waals surface area contributed by atoms with Crippen molar-refractivity contribution in [3.8, 4) is 0 Å². The fraction of sp³-hybridized carbons (Fsp3) is 0.548. The average Bonchev–Trinajstić information content (AvgIpc) is 3.46. The molecule has 1 aliphatic carbocycles. The zero-order valence-electron chi connectivity index (χ0n) is 33.8. The molecule has 0 radical (unpaired) electrons. The highest BCUT2D eigenvalue weighted by molar-refractivity contribution is 6.30. The third-order valence-corrected chi connectivity index (χ3v) is 12.1. The first kappa shape index (κ1) is 43.5. The Labute approximate surface area is 347 Å². The van der Waals surface area contributed by atoms with Crippen LogP contribution in [0, 0.1) is 18.7 Å². The Morgan fingerprint density at radius 1 is 0.932 bits per heavy atom. The van der Waals surface area contributed by atoms with E-state index in [2.05, 4.69) is 21.3 Å². The molecule has 15 nitrogen and oxygen atoms in total. The van der Waals surface area contributed by atoms with Crippen molar-refractivity contribution in [3.63, 3.8) is 0 Å². The Morgan fingerprint density at radius 3 is 2.32 bits per heavy atom. The predicted molar refractivity (Wildman–Crippen MR) is 215 cm³/mol. The van der Waals surface area contributed by atoms with Gasteiger partial charge in [0.05, 0.1) is 11.1 Å². The number of anilines is 1. The first-order valence-electron chi connectivity index (χ1n) is 20.3. The number of benzene rings is 2. The fourth-order valence-electron chi connectivity index (χ4n) is 8.75. The SMILES string of the molecule is Cc1cccc(C[C@H](NC(=O)Nc2ccc(Cl)c(F)c2)C(=O)N[C@H](C(=O)N2CCC[C@H]2C(=O)N2CCCC[C@H]2C(=O)N[C@@H](C)C(=O)N2C[C@H](C)C[C@]23CC3=O)[C@H](C)O)c1. The third-order valence-electron chi connectivity index (χ3n) is 11.8. The van der Waals surface area contributed by atoms with E-state index in [4.69, 9.17) is 11.6 Å². The van der Waals surface area contributed by atoms with Gasteiger partial charge in [-0.2, -0.15) is 0 Å². The highest BCUT2D eigenvalue weighted by Gasteiger charge is 2.63. The van der Waals surface area contributed by atoms with Gasteiger partial charge in [0.1, 0.15) is 41.6 Å². The minimum Gasteiger partial charge on any atom is -0.391 e. The maximum Gasteiger partial charge on any atom is 0.319 e. The summed E-state index contributed by atoms with van der Waals surface area (Å²) in [5, 5.41) is 21.2. The summed E-state index contributed by atoms with van der Waals surface area (Å²) in [6.07, 6.45) is 1.91. The van der Waals surface area contributed by atoms with Gasteiger partial charge in [-0.1, -0.05) is 48.4 Å². The lowest BCUT2D eigenvalue weighted by molar-refractivity contribution is -0.152. The number of ketones is 1. The molecule has 1 saturated carbocycles. The number of Topliss-reactive ketones (excluding diaryl/α,β-unsaturated/α-hetero) is 1. The molecule has 7 amide bonds. The van der Waals surface area contributed by atoms with Crippen LogP contribution in [-0.2, 0) is 35.2 Å². The Balaban J connectivity index is 1.13.